The first-order valence-electron chi connectivity index (χ1n) is 5.44. The van der Waals surface area contributed by atoms with E-state index in [1.54, 1.807) is 0 Å². The Bertz CT molecular complexity index is 403. The molecule has 1 aromatic carbocycles. The van der Waals surface area contributed by atoms with Crippen LogP contribution in [0.25, 0.3) is 0 Å². The van der Waals surface area contributed by atoms with Crippen molar-refractivity contribution in [3.05, 3.63) is 23.8 Å². The SMILES string of the molecule is CCc1ccc2c(c1)NCC(CC(=O)O)O2. The maximum absolute atomic E-state index is 10.6. The second-order valence-electron chi connectivity index (χ2n) is 3.90. The number of aliphatic carboxylic acids is 1. The standard InChI is InChI=1S/C12H15NO3/c1-2-8-3-4-11-10(5-8)13-7-9(16-11)6-12(14)15/h3-5,9,13H,2,6-7H2,1H3,(H,14,15). The van der Waals surface area contributed by atoms with Crippen molar-refractivity contribution < 1.29 is 14.6 Å². The summed E-state index contributed by atoms with van der Waals surface area (Å²) < 4.78 is 5.60. The Balaban J connectivity index is 2.12. The van der Waals surface area contributed by atoms with Gasteiger partial charge in [0.1, 0.15) is 11.9 Å². The molecule has 1 heterocycles. The molecule has 4 nitrogen and oxygen atoms in total. The first-order chi connectivity index (χ1) is 7.69. The lowest BCUT2D eigenvalue weighted by molar-refractivity contribution is -0.138. The minimum Gasteiger partial charge on any atom is -0.486 e. The highest BCUT2D eigenvalue weighted by atomic mass is 16.5. The molecule has 0 bridgehead atoms. The highest BCUT2D eigenvalue weighted by molar-refractivity contribution is 5.68. The maximum Gasteiger partial charge on any atom is 0.307 e. The summed E-state index contributed by atoms with van der Waals surface area (Å²) in [7, 11) is 0. The van der Waals surface area contributed by atoms with Gasteiger partial charge in [0, 0.05) is 0 Å². The molecule has 0 radical (unpaired) electrons. The number of aryl methyl sites for hydroxylation is 1. The number of carbonyl (C=O) groups is 1. The molecule has 1 unspecified atom stereocenters. The largest absolute Gasteiger partial charge is 0.486 e. The summed E-state index contributed by atoms with van der Waals surface area (Å²) in [6.45, 7) is 2.64. The monoisotopic (exact) mass is 221 g/mol. The second kappa shape index (κ2) is 4.43. The van der Waals surface area contributed by atoms with E-state index in [1.165, 1.54) is 5.56 Å². The molecule has 0 spiro atoms. The molecule has 0 amide bonds. The van der Waals surface area contributed by atoms with E-state index < -0.39 is 5.97 Å². The topological polar surface area (TPSA) is 58.6 Å². The molecule has 86 valence electrons. The Morgan fingerprint density at radius 1 is 1.62 bits per heavy atom. The predicted molar refractivity (Wildman–Crippen MR) is 61.0 cm³/mol. The minimum absolute atomic E-state index is 0.0297. The van der Waals surface area contributed by atoms with Crippen molar-refractivity contribution in [3.63, 3.8) is 0 Å². The molecule has 1 atom stereocenters. The number of hydrogen-bond donors (Lipinski definition) is 2. The van der Waals surface area contributed by atoms with Gasteiger partial charge in [-0.3, -0.25) is 4.79 Å². The number of fused-ring (bicyclic) bond motifs is 1. The van der Waals surface area contributed by atoms with Gasteiger partial charge in [-0.25, -0.2) is 0 Å². The molecule has 16 heavy (non-hydrogen) atoms. The lowest BCUT2D eigenvalue weighted by Crippen LogP contribution is -2.32. The number of benzene rings is 1. The van der Waals surface area contributed by atoms with Crippen molar-refractivity contribution in [2.45, 2.75) is 25.9 Å². The van der Waals surface area contributed by atoms with E-state index in [4.69, 9.17) is 9.84 Å². The Hall–Kier alpha value is -1.71. The van der Waals surface area contributed by atoms with Crippen LogP contribution in [0.5, 0.6) is 5.75 Å². The zero-order valence-electron chi connectivity index (χ0n) is 9.19. The number of nitrogens with one attached hydrogen (secondary N) is 1. The number of ether oxygens (including phenoxy) is 1. The molecule has 1 aromatic rings. The predicted octanol–water partition coefficient (Wildman–Crippen LogP) is 1.90. The molecular formula is C12H15NO3. The third-order valence-electron chi connectivity index (χ3n) is 2.67. The van der Waals surface area contributed by atoms with Crippen molar-refractivity contribution in [1.29, 1.82) is 0 Å². The molecular weight excluding hydrogens is 206 g/mol. The van der Waals surface area contributed by atoms with Crippen LogP contribution in [0.15, 0.2) is 18.2 Å². The van der Waals surface area contributed by atoms with E-state index >= 15 is 0 Å². The highest BCUT2D eigenvalue weighted by Crippen LogP contribution is 2.30. The third-order valence-corrected chi connectivity index (χ3v) is 2.67. The first-order valence-corrected chi connectivity index (χ1v) is 5.44. The number of hydrogen-bond acceptors (Lipinski definition) is 3. The summed E-state index contributed by atoms with van der Waals surface area (Å²) in [6, 6.07) is 5.95. The summed E-state index contributed by atoms with van der Waals surface area (Å²) in [4.78, 5) is 10.6. The smallest absolute Gasteiger partial charge is 0.307 e. The van der Waals surface area contributed by atoms with Crippen LogP contribution in [-0.2, 0) is 11.2 Å². The summed E-state index contributed by atoms with van der Waals surface area (Å²) in [5, 5.41) is 11.9. The van der Waals surface area contributed by atoms with E-state index in [2.05, 4.69) is 12.2 Å². The van der Waals surface area contributed by atoms with Crippen molar-refractivity contribution in [2.75, 3.05) is 11.9 Å². The fraction of sp³-hybridized carbons (Fsp3) is 0.417. The van der Waals surface area contributed by atoms with Gasteiger partial charge in [-0.2, -0.15) is 0 Å². The van der Waals surface area contributed by atoms with Crippen molar-refractivity contribution >= 4 is 11.7 Å². The molecule has 1 aliphatic rings. The van der Waals surface area contributed by atoms with E-state index in [1.807, 2.05) is 18.2 Å². The first kappa shape index (κ1) is 10.8. The minimum atomic E-state index is -0.833. The fourth-order valence-corrected chi connectivity index (χ4v) is 1.79. The van der Waals surface area contributed by atoms with Gasteiger partial charge in [-0.15, -0.1) is 0 Å². The van der Waals surface area contributed by atoms with Crippen LogP contribution in [0.2, 0.25) is 0 Å². The Kier molecular flexibility index (Phi) is 2.99. The average Bonchev–Trinajstić information content (AvgIpc) is 2.27. The molecule has 0 fully saturated rings. The third kappa shape index (κ3) is 2.27. The number of rotatable bonds is 3. The van der Waals surface area contributed by atoms with E-state index in [9.17, 15) is 4.79 Å². The summed E-state index contributed by atoms with van der Waals surface area (Å²) in [5.41, 5.74) is 2.20. The van der Waals surface area contributed by atoms with Crippen LogP contribution in [0.1, 0.15) is 18.9 Å². The van der Waals surface area contributed by atoms with Gasteiger partial charge in [0.15, 0.2) is 0 Å². The molecule has 0 saturated carbocycles. The molecule has 2 rings (SSSR count). The molecule has 0 saturated heterocycles. The second-order valence-corrected chi connectivity index (χ2v) is 3.90. The number of carboxylic acids is 1. The highest BCUT2D eigenvalue weighted by Gasteiger charge is 2.21. The molecule has 0 aromatic heterocycles. The van der Waals surface area contributed by atoms with Crippen molar-refractivity contribution in [1.82, 2.24) is 0 Å². The van der Waals surface area contributed by atoms with Gasteiger partial charge >= 0.3 is 5.97 Å². The average molecular weight is 221 g/mol. The Morgan fingerprint density at radius 3 is 3.12 bits per heavy atom. The normalized spacial score (nSPS) is 18.2. The van der Waals surface area contributed by atoms with Gasteiger partial charge in [0.2, 0.25) is 0 Å². The number of anilines is 1. The van der Waals surface area contributed by atoms with Gasteiger partial charge in [-0.1, -0.05) is 13.0 Å². The molecule has 1 aliphatic heterocycles. The van der Waals surface area contributed by atoms with Gasteiger partial charge in [-0.05, 0) is 24.1 Å². The zero-order chi connectivity index (χ0) is 11.5. The van der Waals surface area contributed by atoms with Gasteiger partial charge in [0.25, 0.3) is 0 Å². The van der Waals surface area contributed by atoms with Crippen LogP contribution >= 0.6 is 0 Å². The molecule has 4 heteroatoms. The van der Waals surface area contributed by atoms with Crippen LogP contribution in [0, 0.1) is 0 Å². The van der Waals surface area contributed by atoms with Crippen LogP contribution in [0.4, 0.5) is 5.69 Å². The molecule has 2 N–H and O–H groups in total. The van der Waals surface area contributed by atoms with Crippen molar-refractivity contribution in [3.8, 4) is 5.75 Å². The Labute approximate surface area is 94.2 Å². The molecule has 0 aliphatic carbocycles. The quantitative estimate of drug-likeness (QED) is 0.818. The Morgan fingerprint density at radius 2 is 2.44 bits per heavy atom. The summed E-state index contributed by atoms with van der Waals surface area (Å²) >= 11 is 0. The zero-order valence-corrected chi connectivity index (χ0v) is 9.19. The maximum atomic E-state index is 10.6. The van der Waals surface area contributed by atoms with Crippen LogP contribution in [0.3, 0.4) is 0 Å². The lowest BCUT2D eigenvalue weighted by Gasteiger charge is -2.26. The van der Waals surface area contributed by atoms with Crippen molar-refractivity contribution in [2.24, 2.45) is 0 Å². The lowest BCUT2D eigenvalue weighted by atomic mass is 10.1. The van der Waals surface area contributed by atoms with E-state index in [-0.39, 0.29) is 12.5 Å². The van der Waals surface area contributed by atoms with Gasteiger partial charge < -0.3 is 15.2 Å². The summed E-state index contributed by atoms with van der Waals surface area (Å²) in [5.74, 6) is -0.0878. The van der Waals surface area contributed by atoms with Crippen LogP contribution < -0.4 is 10.1 Å². The number of carboxylic acid groups (broad SMARTS) is 1. The van der Waals surface area contributed by atoms with E-state index in [0.717, 1.165) is 17.9 Å². The van der Waals surface area contributed by atoms with E-state index in [0.29, 0.717) is 6.54 Å². The summed E-state index contributed by atoms with van der Waals surface area (Å²) in [6.07, 6.45) is 0.729. The van der Waals surface area contributed by atoms with Crippen LogP contribution in [-0.4, -0.2) is 23.7 Å². The fourth-order valence-electron chi connectivity index (χ4n) is 1.79. The van der Waals surface area contributed by atoms with Gasteiger partial charge in [0.05, 0.1) is 18.7 Å².